The van der Waals surface area contributed by atoms with Crippen LogP contribution in [0.3, 0.4) is 0 Å². The van der Waals surface area contributed by atoms with E-state index in [0.29, 0.717) is 27.7 Å². The van der Waals surface area contributed by atoms with Crippen molar-refractivity contribution in [2.24, 2.45) is 5.41 Å². The fraction of sp³-hybridized carbons (Fsp3) is 0.458. The fourth-order valence-electron chi connectivity index (χ4n) is 4.71. The Hall–Kier alpha value is -2.37. The number of fused-ring (bicyclic) bond motifs is 1. The molecule has 1 spiro atoms. The highest BCUT2D eigenvalue weighted by molar-refractivity contribution is 14.1. The van der Waals surface area contributed by atoms with E-state index in [1.165, 1.54) is 17.5 Å². The van der Waals surface area contributed by atoms with Crippen LogP contribution in [0.15, 0.2) is 30.3 Å². The van der Waals surface area contributed by atoms with Crippen molar-refractivity contribution in [2.75, 3.05) is 23.3 Å². The monoisotopic (exact) mass is 583 g/mol. The van der Waals surface area contributed by atoms with Crippen LogP contribution < -0.4 is 10.2 Å². The molecule has 34 heavy (non-hydrogen) atoms. The third kappa shape index (κ3) is 4.87. The molecular weight excluding hydrogens is 558 g/mol. The van der Waals surface area contributed by atoms with E-state index < -0.39 is 12.6 Å². The number of carbonyl (C=O) groups excluding carboxylic acids is 1. The number of benzene rings is 1. The topological polar surface area (TPSA) is 63.1 Å². The molecule has 2 aliphatic rings. The van der Waals surface area contributed by atoms with Crippen LogP contribution in [0.4, 0.5) is 24.7 Å². The van der Waals surface area contributed by atoms with Crippen LogP contribution >= 0.6 is 22.6 Å². The average Bonchev–Trinajstić information content (AvgIpc) is 3.46. The van der Waals surface area contributed by atoms with Gasteiger partial charge in [-0.2, -0.15) is 18.3 Å². The molecule has 3 heterocycles. The smallest absolute Gasteiger partial charge is 0.371 e. The Balaban J connectivity index is 1.38. The molecule has 180 valence electrons. The van der Waals surface area contributed by atoms with Crippen LogP contribution in [0, 0.1) is 15.9 Å². The molecular formula is C24H25F3IN5O. The van der Waals surface area contributed by atoms with E-state index in [1.807, 2.05) is 18.2 Å². The van der Waals surface area contributed by atoms with Crippen molar-refractivity contribution in [3.05, 3.63) is 45.2 Å². The lowest BCUT2D eigenvalue weighted by Crippen LogP contribution is -2.35. The molecule has 1 N–H and O–H groups in total. The van der Waals surface area contributed by atoms with E-state index in [4.69, 9.17) is 0 Å². The standard InChI is InChI=1S/C24H25F3IN5O/c1-15-17-4-5-20(29-21(17)33(31-15)13-10-24(25,26)27)30-22(34)18-3-2-16(28)14-19(18)32-11-8-23(6-7-23)9-12-32/h2-5,14H,6-13H2,1H3,(H,29,30,34). The summed E-state index contributed by atoms with van der Waals surface area (Å²) < 4.78 is 40.5. The third-order valence-corrected chi connectivity index (χ3v) is 7.63. The highest BCUT2D eigenvalue weighted by Crippen LogP contribution is 2.54. The lowest BCUT2D eigenvalue weighted by molar-refractivity contribution is -0.137. The zero-order chi connectivity index (χ0) is 24.1. The molecule has 1 aromatic carbocycles. The number of aryl methyl sites for hydroxylation is 2. The summed E-state index contributed by atoms with van der Waals surface area (Å²) in [6.07, 6.45) is -0.350. The second-order valence-corrected chi connectivity index (χ2v) is 10.6. The summed E-state index contributed by atoms with van der Waals surface area (Å²) in [5.74, 6) is -0.00577. The third-order valence-electron chi connectivity index (χ3n) is 6.96. The number of rotatable bonds is 5. The maximum absolute atomic E-state index is 13.3. The van der Waals surface area contributed by atoms with E-state index in [-0.39, 0.29) is 18.3 Å². The summed E-state index contributed by atoms with van der Waals surface area (Å²) in [5, 5.41) is 7.72. The number of hydrogen-bond acceptors (Lipinski definition) is 4. The van der Waals surface area contributed by atoms with Gasteiger partial charge in [0.1, 0.15) is 5.82 Å². The Morgan fingerprint density at radius 3 is 2.56 bits per heavy atom. The molecule has 2 aromatic heterocycles. The van der Waals surface area contributed by atoms with Crippen molar-refractivity contribution in [1.82, 2.24) is 14.8 Å². The Kier molecular flexibility index (Phi) is 5.97. The molecule has 5 rings (SSSR count). The number of aromatic nitrogens is 3. The Labute approximate surface area is 209 Å². The first-order chi connectivity index (χ1) is 16.1. The number of halogens is 4. The minimum absolute atomic E-state index is 0.283. The van der Waals surface area contributed by atoms with Gasteiger partial charge >= 0.3 is 6.18 Å². The predicted octanol–water partition coefficient (Wildman–Crippen LogP) is 5.93. The van der Waals surface area contributed by atoms with Gasteiger partial charge in [0, 0.05) is 22.0 Å². The molecule has 1 aliphatic heterocycles. The molecule has 1 amide bonds. The number of alkyl halides is 3. The number of piperidine rings is 1. The van der Waals surface area contributed by atoms with Gasteiger partial charge in [0.25, 0.3) is 5.91 Å². The Morgan fingerprint density at radius 1 is 1.15 bits per heavy atom. The fourth-order valence-corrected chi connectivity index (χ4v) is 5.18. The van der Waals surface area contributed by atoms with Crippen molar-refractivity contribution < 1.29 is 18.0 Å². The van der Waals surface area contributed by atoms with Gasteiger partial charge in [-0.25, -0.2) is 9.67 Å². The molecule has 1 saturated carbocycles. The van der Waals surface area contributed by atoms with Gasteiger partial charge < -0.3 is 10.2 Å². The normalized spacial score (nSPS) is 17.4. The van der Waals surface area contributed by atoms with Gasteiger partial charge in [0.15, 0.2) is 5.65 Å². The minimum Gasteiger partial charge on any atom is -0.371 e. The van der Waals surface area contributed by atoms with Gasteiger partial charge in [-0.15, -0.1) is 0 Å². The Morgan fingerprint density at radius 2 is 1.88 bits per heavy atom. The lowest BCUT2D eigenvalue weighted by Gasteiger charge is -2.35. The lowest BCUT2D eigenvalue weighted by atomic mass is 9.93. The summed E-state index contributed by atoms with van der Waals surface area (Å²) in [6, 6.07) is 9.15. The summed E-state index contributed by atoms with van der Waals surface area (Å²) in [4.78, 5) is 20.0. The van der Waals surface area contributed by atoms with E-state index >= 15 is 0 Å². The number of pyridine rings is 1. The van der Waals surface area contributed by atoms with Crippen molar-refractivity contribution in [2.45, 2.75) is 51.7 Å². The molecule has 10 heteroatoms. The molecule has 3 aromatic rings. The zero-order valence-corrected chi connectivity index (χ0v) is 20.9. The summed E-state index contributed by atoms with van der Waals surface area (Å²) in [7, 11) is 0. The first-order valence-electron chi connectivity index (χ1n) is 11.4. The zero-order valence-electron chi connectivity index (χ0n) is 18.8. The number of anilines is 2. The van der Waals surface area contributed by atoms with Crippen molar-refractivity contribution in [1.29, 1.82) is 0 Å². The van der Waals surface area contributed by atoms with Gasteiger partial charge in [-0.3, -0.25) is 4.79 Å². The number of hydrogen-bond donors (Lipinski definition) is 1. The maximum Gasteiger partial charge on any atom is 0.390 e. The molecule has 0 unspecified atom stereocenters. The summed E-state index contributed by atoms with van der Waals surface area (Å²) >= 11 is 2.25. The molecule has 0 radical (unpaired) electrons. The van der Waals surface area contributed by atoms with E-state index in [0.717, 1.165) is 35.2 Å². The van der Waals surface area contributed by atoms with Crippen molar-refractivity contribution >= 4 is 51.0 Å². The van der Waals surface area contributed by atoms with E-state index in [9.17, 15) is 18.0 Å². The van der Waals surface area contributed by atoms with Crippen molar-refractivity contribution in [3.63, 3.8) is 0 Å². The van der Waals surface area contributed by atoms with Crippen LogP contribution in [0.25, 0.3) is 11.0 Å². The highest BCUT2D eigenvalue weighted by Gasteiger charge is 2.44. The first kappa shape index (κ1) is 23.4. The van der Waals surface area contributed by atoms with E-state index in [2.05, 4.69) is 42.9 Å². The van der Waals surface area contributed by atoms with Crippen LogP contribution in [-0.2, 0) is 6.54 Å². The van der Waals surface area contributed by atoms with Gasteiger partial charge in [-0.1, -0.05) is 0 Å². The number of nitrogens with one attached hydrogen (secondary N) is 1. The molecule has 6 nitrogen and oxygen atoms in total. The van der Waals surface area contributed by atoms with Crippen LogP contribution in [-0.4, -0.2) is 39.9 Å². The van der Waals surface area contributed by atoms with Crippen LogP contribution in [0.2, 0.25) is 0 Å². The number of carbonyl (C=O) groups is 1. The molecule has 0 bridgehead atoms. The van der Waals surface area contributed by atoms with Gasteiger partial charge in [0.2, 0.25) is 0 Å². The van der Waals surface area contributed by atoms with Crippen molar-refractivity contribution in [3.8, 4) is 0 Å². The number of nitrogens with zero attached hydrogens (tertiary/aromatic N) is 4. The largest absolute Gasteiger partial charge is 0.390 e. The highest BCUT2D eigenvalue weighted by atomic mass is 127. The Bertz CT molecular complexity index is 1240. The number of amides is 1. The SMILES string of the molecule is Cc1nn(CCC(F)(F)F)c2nc(NC(=O)c3ccc(I)cc3N3CCC4(CC3)CC4)ccc12. The van der Waals surface area contributed by atoms with Crippen LogP contribution in [0.5, 0.6) is 0 Å². The maximum atomic E-state index is 13.3. The summed E-state index contributed by atoms with van der Waals surface area (Å²) in [5.41, 5.74) is 2.94. The molecule has 0 atom stereocenters. The van der Waals surface area contributed by atoms with Gasteiger partial charge in [0.05, 0.1) is 29.9 Å². The second-order valence-electron chi connectivity index (χ2n) is 9.34. The predicted molar refractivity (Wildman–Crippen MR) is 133 cm³/mol. The first-order valence-corrected chi connectivity index (χ1v) is 12.5. The summed E-state index contributed by atoms with van der Waals surface area (Å²) in [6.45, 7) is 3.27. The van der Waals surface area contributed by atoms with Crippen LogP contribution in [0.1, 0.15) is 48.2 Å². The molecule has 1 saturated heterocycles. The quantitative estimate of drug-likeness (QED) is 0.379. The van der Waals surface area contributed by atoms with E-state index in [1.54, 1.807) is 19.1 Å². The molecule has 2 fully saturated rings. The van der Waals surface area contributed by atoms with Gasteiger partial charge in [-0.05, 0) is 90.9 Å². The minimum atomic E-state index is -4.28. The molecule has 1 aliphatic carbocycles. The second kappa shape index (κ2) is 8.69. The average molecular weight is 583 g/mol.